The Morgan fingerprint density at radius 1 is 0.373 bits per heavy atom. The summed E-state index contributed by atoms with van der Waals surface area (Å²) in [4.78, 5) is 37.6. The Morgan fingerprint density at radius 2 is 0.647 bits per heavy atom. The fourth-order valence-corrected chi connectivity index (χ4v) is 6.58. The highest BCUT2D eigenvalue weighted by atomic mass is 16.6. The predicted octanol–water partition coefficient (Wildman–Crippen LogP) is 13.8. The molecule has 0 radical (unpaired) electrons. The van der Waals surface area contributed by atoms with Crippen molar-refractivity contribution in [1.82, 2.24) is 0 Å². The molecule has 0 aromatic carbocycles. The van der Waals surface area contributed by atoms with Gasteiger partial charge >= 0.3 is 17.9 Å². The SMILES string of the molecule is CCCCCCCCCCCCCCC(=O)OC[C@H](COC(=O)CCCCCCCCC(C)C)OC(=O)CCCCCCCCCCCC(C)C. The zero-order chi connectivity index (χ0) is 37.6. The summed E-state index contributed by atoms with van der Waals surface area (Å²) in [6, 6.07) is 0. The quantitative estimate of drug-likeness (QED) is 0.0357. The number of carbonyl (C=O) groups excluding carboxylic acids is 3. The van der Waals surface area contributed by atoms with Crippen molar-refractivity contribution in [2.45, 2.75) is 246 Å². The van der Waals surface area contributed by atoms with E-state index < -0.39 is 6.10 Å². The first-order valence-corrected chi connectivity index (χ1v) is 22.2. The van der Waals surface area contributed by atoms with Crippen LogP contribution in [0.1, 0.15) is 240 Å². The average Bonchev–Trinajstić information content (AvgIpc) is 3.09. The van der Waals surface area contributed by atoms with Crippen LogP contribution in [0.4, 0.5) is 0 Å². The van der Waals surface area contributed by atoms with Crippen LogP contribution < -0.4 is 0 Å². The Labute approximate surface area is 317 Å². The fourth-order valence-electron chi connectivity index (χ4n) is 6.58. The van der Waals surface area contributed by atoms with Crippen molar-refractivity contribution in [3.63, 3.8) is 0 Å². The minimum Gasteiger partial charge on any atom is -0.462 e. The molecule has 0 aromatic heterocycles. The molecule has 0 aliphatic heterocycles. The second-order valence-electron chi connectivity index (χ2n) is 16.3. The summed E-state index contributed by atoms with van der Waals surface area (Å²) in [7, 11) is 0. The smallest absolute Gasteiger partial charge is 0.306 e. The van der Waals surface area contributed by atoms with Crippen molar-refractivity contribution in [2.24, 2.45) is 11.8 Å². The van der Waals surface area contributed by atoms with Crippen molar-refractivity contribution in [2.75, 3.05) is 13.2 Å². The highest BCUT2D eigenvalue weighted by Crippen LogP contribution is 2.16. The van der Waals surface area contributed by atoms with E-state index in [1.165, 1.54) is 128 Å². The molecule has 0 N–H and O–H groups in total. The highest BCUT2D eigenvalue weighted by molar-refractivity contribution is 5.71. The summed E-state index contributed by atoms with van der Waals surface area (Å²) in [5.74, 6) is 0.705. The highest BCUT2D eigenvalue weighted by Gasteiger charge is 2.19. The Kier molecular flexibility index (Phi) is 37.0. The second-order valence-corrected chi connectivity index (χ2v) is 16.3. The summed E-state index contributed by atoms with van der Waals surface area (Å²) in [5.41, 5.74) is 0. The van der Waals surface area contributed by atoms with Crippen molar-refractivity contribution in [1.29, 1.82) is 0 Å². The number of carbonyl (C=O) groups is 3. The fraction of sp³-hybridized carbons (Fsp3) is 0.933. The molecular formula is C45H86O6. The molecular weight excluding hydrogens is 636 g/mol. The van der Waals surface area contributed by atoms with Gasteiger partial charge in [-0.05, 0) is 31.1 Å². The molecule has 0 bridgehead atoms. The maximum absolute atomic E-state index is 12.7. The Morgan fingerprint density at radius 3 is 0.961 bits per heavy atom. The Hall–Kier alpha value is -1.59. The number of esters is 3. The molecule has 51 heavy (non-hydrogen) atoms. The standard InChI is InChI=1S/C45H86O6/c1-6-7-8-9-10-11-12-13-16-19-25-30-35-43(46)49-38-42(39-50-44(47)36-31-26-22-21-24-29-34-41(4)5)51-45(48)37-32-27-20-17-14-15-18-23-28-33-40(2)3/h40-42H,6-39H2,1-5H3/t42-/m1/s1. The van der Waals surface area contributed by atoms with Crippen LogP contribution in [0.5, 0.6) is 0 Å². The number of ether oxygens (including phenoxy) is 3. The summed E-state index contributed by atoms with van der Waals surface area (Å²) < 4.78 is 16.7. The average molecular weight is 723 g/mol. The largest absolute Gasteiger partial charge is 0.462 e. The summed E-state index contributed by atoms with van der Waals surface area (Å²) >= 11 is 0. The minimum absolute atomic E-state index is 0.0658. The molecule has 0 saturated heterocycles. The van der Waals surface area contributed by atoms with Gasteiger partial charge in [-0.25, -0.2) is 0 Å². The van der Waals surface area contributed by atoms with E-state index in [1.807, 2.05) is 0 Å². The van der Waals surface area contributed by atoms with Gasteiger partial charge in [-0.1, -0.05) is 202 Å². The van der Waals surface area contributed by atoms with Gasteiger partial charge in [0.15, 0.2) is 6.10 Å². The number of unbranched alkanes of at least 4 members (excludes halogenated alkanes) is 24. The van der Waals surface area contributed by atoms with E-state index in [2.05, 4.69) is 34.6 Å². The molecule has 6 heteroatoms. The lowest BCUT2D eigenvalue weighted by Gasteiger charge is -2.18. The normalized spacial score (nSPS) is 12.1. The Bertz CT molecular complexity index is 779. The molecule has 302 valence electrons. The number of hydrogen-bond acceptors (Lipinski definition) is 6. The van der Waals surface area contributed by atoms with E-state index in [4.69, 9.17) is 14.2 Å². The molecule has 1 atom stereocenters. The number of rotatable bonds is 39. The van der Waals surface area contributed by atoms with E-state index in [0.29, 0.717) is 19.3 Å². The third-order valence-electron chi connectivity index (χ3n) is 9.97. The van der Waals surface area contributed by atoms with Crippen molar-refractivity contribution < 1.29 is 28.6 Å². The zero-order valence-corrected chi connectivity index (χ0v) is 34.7. The zero-order valence-electron chi connectivity index (χ0n) is 34.7. The van der Waals surface area contributed by atoms with Gasteiger partial charge in [0.25, 0.3) is 0 Å². The van der Waals surface area contributed by atoms with E-state index >= 15 is 0 Å². The van der Waals surface area contributed by atoms with Crippen LogP contribution >= 0.6 is 0 Å². The van der Waals surface area contributed by atoms with Crippen LogP contribution in [0, 0.1) is 11.8 Å². The van der Waals surface area contributed by atoms with Crippen LogP contribution in [0.2, 0.25) is 0 Å². The lowest BCUT2D eigenvalue weighted by atomic mass is 10.0. The monoisotopic (exact) mass is 723 g/mol. The lowest BCUT2D eigenvalue weighted by Crippen LogP contribution is -2.30. The molecule has 0 fully saturated rings. The van der Waals surface area contributed by atoms with Gasteiger partial charge in [0.2, 0.25) is 0 Å². The predicted molar refractivity (Wildman–Crippen MR) is 215 cm³/mol. The molecule has 6 nitrogen and oxygen atoms in total. The molecule has 0 aliphatic carbocycles. The van der Waals surface area contributed by atoms with Crippen LogP contribution in [0.15, 0.2) is 0 Å². The first kappa shape index (κ1) is 49.4. The summed E-state index contributed by atoms with van der Waals surface area (Å²) in [5, 5.41) is 0. The van der Waals surface area contributed by atoms with Crippen LogP contribution in [-0.2, 0) is 28.6 Å². The van der Waals surface area contributed by atoms with Crippen molar-refractivity contribution >= 4 is 17.9 Å². The van der Waals surface area contributed by atoms with Gasteiger partial charge in [0.05, 0.1) is 0 Å². The van der Waals surface area contributed by atoms with Crippen LogP contribution in [0.25, 0.3) is 0 Å². The molecule has 0 amide bonds. The minimum atomic E-state index is -0.760. The molecule has 0 spiro atoms. The van der Waals surface area contributed by atoms with E-state index in [9.17, 15) is 14.4 Å². The van der Waals surface area contributed by atoms with Crippen LogP contribution in [-0.4, -0.2) is 37.2 Å². The molecule has 0 aliphatic rings. The van der Waals surface area contributed by atoms with Gasteiger partial charge in [-0.3, -0.25) is 14.4 Å². The van der Waals surface area contributed by atoms with E-state index in [0.717, 1.165) is 69.6 Å². The number of hydrogen-bond donors (Lipinski definition) is 0. The molecule has 0 saturated carbocycles. The third-order valence-corrected chi connectivity index (χ3v) is 9.97. The maximum Gasteiger partial charge on any atom is 0.306 e. The summed E-state index contributed by atoms with van der Waals surface area (Å²) in [6.07, 6.45) is 35.3. The van der Waals surface area contributed by atoms with Gasteiger partial charge in [0, 0.05) is 19.3 Å². The Balaban J connectivity index is 4.34. The van der Waals surface area contributed by atoms with E-state index in [1.54, 1.807) is 0 Å². The van der Waals surface area contributed by atoms with Crippen molar-refractivity contribution in [3.8, 4) is 0 Å². The molecule has 0 heterocycles. The van der Waals surface area contributed by atoms with E-state index in [-0.39, 0.29) is 31.1 Å². The lowest BCUT2D eigenvalue weighted by molar-refractivity contribution is -0.167. The van der Waals surface area contributed by atoms with Crippen LogP contribution in [0.3, 0.4) is 0 Å². The first-order chi connectivity index (χ1) is 24.7. The topological polar surface area (TPSA) is 78.9 Å². The second kappa shape index (κ2) is 38.1. The van der Waals surface area contributed by atoms with Gasteiger partial charge in [-0.15, -0.1) is 0 Å². The third kappa shape index (κ3) is 39.5. The van der Waals surface area contributed by atoms with Gasteiger partial charge in [-0.2, -0.15) is 0 Å². The van der Waals surface area contributed by atoms with Gasteiger partial charge < -0.3 is 14.2 Å². The van der Waals surface area contributed by atoms with Crippen molar-refractivity contribution in [3.05, 3.63) is 0 Å². The first-order valence-electron chi connectivity index (χ1n) is 22.2. The maximum atomic E-state index is 12.7. The summed E-state index contributed by atoms with van der Waals surface area (Å²) in [6.45, 7) is 11.2. The van der Waals surface area contributed by atoms with Gasteiger partial charge in [0.1, 0.15) is 13.2 Å². The molecule has 0 aromatic rings. The molecule has 0 rings (SSSR count). The molecule has 0 unspecified atom stereocenters.